The predicted molar refractivity (Wildman–Crippen MR) is 106 cm³/mol. The Labute approximate surface area is 171 Å². The smallest absolute Gasteiger partial charge is 0.337 e. The lowest BCUT2D eigenvalue weighted by atomic mass is 10.1. The van der Waals surface area contributed by atoms with E-state index in [2.05, 4.69) is 0 Å². The summed E-state index contributed by atoms with van der Waals surface area (Å²) in [4.78, 5) is 29.3. The van der Waals surface area contributed by atoms with Crippen LogP contribution in [0.15, 0.2) is 53.4 Å². The summed E-state index contributed by atoms with van der Waals surface area (Å²) in [6, 6.07) is 12.5. The van der Waals surface area contributed by atoms with E-state index in [-0.39, 0.29) is 50.0 Å². The number of thioether (sulfide) groups is 1. The molecule has 4 nitrogen and oxygen atoms in total. The lowest BCUT2D eigenvalue weighted by Gasteiger charge is -2.24. The van der Waals surface area contributed by atoms with Gasteiger partial charge in [0.2, 0.25) is 5.91 Å². The van der Waals surface area contributed by atoms with E-state index in [1.807, 2.05) is 18.4 Å². The van der Waals surface area contributed by atoms with Crippen molar-refractivity contribution < 1.29 is 22.8 Å². The maximum Gasteiger partial charge on any atom is 0.416 e. The molecule has 1 aliphatic rings. The van der Waals surface area contributed by atoms with E-state index in [4.69, 9.17) is 0 Å². The van der Waals surface area contributed by atoms with Crippen molar-refractivity contribution in [3.63, 3.8) is 0 Å². The number of carbonyl (C=O) groups is 2. The van der Waals surface area contributed by atoms with Gasteiger partial charge in [-0.1, -0.05) is 30.3 Å². The van der Waals surface area contributed by atoms with Gasteiger partial charge in [-0.25, -0.2) is 0 Å². The Bertz CT molecular complexity index is 901. The van der Waals surface area contributed by atoms with Gasteiger partial charge in [0.25, 0.3) is 5.91 Å². The number of hydrogen-bond donors (Lipinski definition) is 0. The van der Waals surface area contributed by atoms with E-state index >= 15 is 0 Å². The monoisotopic (exact) mass is 422 g/mol. The van der Waals surface area contributed by atoms with Crippen LogP contribution in [0.2, 0.25) is 0 Å². The fraction of sp³-hybridized carbons (Fsp3) is 0.333. The van der Waals surface area contributed by atoms with E-state index in [0.29, 0.717) is 5.56 Å². The summed E-state index contributed by atoms with van der Waals surface area (Å²) in [5, 5.41) is 0. The molecule has 0 bridgehead atoms. The van der Waals surface area contributed by atoms with Crippen LogP contribution in [0.3, 0.4) is 0 Å². The standard InChI is InChI=1S/C21H21F3N2O2S/c1-29-18-9-5-3-7-16(18)20(28)25-11-10-19(27)26(13-12-25)14-15-6-2-4-8-17(15)21(22,23)24/h2-9H,10-14H2,1H3. The Morgan fingerprint density at radius 3 is 2.45 bits per heavy atom. The number of carbonyl (C=O) groups excluding carboxylic acids is 2. The molecule has 1 saturated heterocycles. The van der Waals surface area contributed by atoms with Crippen molar-refractivity contribution in [3.05, 3.63) is 65.2 Å². The molecule has 29 heavy (non-hydrogen) atoms. The van der Waals surface area contributed by atoms with Crippen molar-refractivity contribution in [2.24, 2.45) is 0 Å². The second-order valence-electron chi connectivity index (χ2n) is 6.71. The fourth-order valence-corrected chi connectivity index (χ4v) is 3.96. The number of alkyl halides is 3. The number of amides is 2. The van der Waals surface area contributed by atoms with Gasteiger partial charge in [-0.05, 0) is 30.0 Å². The van der Waals surface area contributed by atoms with E-state index in [1.165, 1.54) is 34.9 Å². The summed E-state index contributed by atoms with van der Waals surface area (Å²) in [5.41, 5.74) is -0.108. The van der Waals surface area contributed by atoms with E-state index in [0.717, 1.165) is 11.0 Å². The van der Waals surface area contributed by atoms with Crippen molar-refractivity contribution in [1.82, 2.24) is 9.80 Å². The predicted octanol–water partition coefficient (Wildman–Crippen LogP) is 4.30. The van der Waals surface area contributed by atoms with Gasteiger partial charge < -0.3 is 9.80 Å². The normalized spacial score (nSPS) is 15.4. The summed E-state index contributed by atoms with van der Waals surface area (Å²) in [7, 11) is 0. The SMILES string of the molecule is CSc1ccccc1C(=O)N1CCC(=O)N(Cc2ccccc2C(F)(F)F)CC1. The molecular formula is C21H21F3N2O2S. The Kier molecular flexibility index (Phi) is 6.52. The van der Waals surface area contributed by atoms with Gasteiger partial charge in [0.05, 0.1) is 11.1 Å². The van der Waals surface area contributed by atoms with Crippen molar-refractivity contribution in [2.45, 2.75) is 24.0 Å². The minimum absolute atomic E-state index is 0.0563. The number of nitrogens with zero attached hydrogens (tertiary/aromatic N) is 2. The first kappa shape index (κ1) is 21.2. The molecule has 0 aliphatic carbocycles. The first-order valence-corrected chi connectivity index (χ1v) is 10.4. The second kappa shape index (κ2) is 8.90. The lowest BCUT2D eigenvalue weighted by molar-refractivity contribution is -0.139. The van der Waals surface area contributed by atoms with Crippen LogP contribution in [0, 0.1) is 0 Å². The minimum atomic E-state index is -4.48. The van der Waals surface area contributed by atoms with Crippen LogP contribution in [0.1, 0.15) is 27.9 Å². The molecule has 2 aromatic carbocycles. The zero-order valence-electron chi connectivity index (χ0n) is 15.9. The Morgan fingerprint density at radius 2 is 1.72 bits per heavy atom. The third kappa shape index (κ3) is 4.93. The molecule has 0 spiro atoms. The van der Waals surface area contributed by atoms with Gasteiger partial charge in [0.1, 0.15) is 0 Å². The molecular weight excluding hydrogens is 401 g/mol. The first-order chi connectivity index (χ1) is 13.8. The lowest BCUT2D eigenvalue weighted by Crippen LogP contribution is -2.36. The number of rotatable bonds is 4. The van der Waals surface area contributed by atoms with Gasteiger partial charge in [-0.15, -0.1) is 11.8 Å². The number of halogens is 3. The summed E-state index contributed by atoms with van der Waals surface area (Å²) in [5.74, 6) is -0.421. The summed E-state index contributed by atoms with van der Waals surface area (Å²) >= 11 is 1.47. The van der Waals surface area contributed by atoms with Crippen molar-refractivity contribution in [1.29, 1.82) is 0 Å². The molecule has 2 amide bonds. The van der Waals surface area contributed by atoms with E-state index in [1.54, 1.807) is 17.0 Å². The molecule has 154 valence electrons. The third-order valence-electron chi connectivity index (χ3n) is 4.90. The van der Waals surface area contributed by atoms with Crippen LogP contribution in [0.4, 0.5) is 13.2 Å². The highest BCUT2D eigenvalue weighted by Crippen LogP contribution is 2.32. The quantitative estimate of drug-likeness (QED) is 0.690. The zero-order valence-corrected chi connectivity index (χ0v) is 16.7. The Hall–Kier alpha value is -2.48. The molecule has 0 unspecified atom stereocenters. The molecule has 0 radical (unpaired) electrons. The van der Waals surface area contributed by atoms with E-state index < -0.39 is 11.7 Å². The molecule has 1 aliphatic heterocycles. The number of benzene rings is 2. The molecule has 0 N–H and O–H groups in total. The molecule has 0 aromatic heterocycles. The van der Waals surface area contributed by atoms with E-state index in [9.17, 15) is 22.8 Å². The summed E-state index contributed by atoms with van der Waals surface area (Å²) in [6.45, 7) is 0.593. The third-order valence-corrected chi connectivity index (χ3v) is 5.69. The van der Waals surface area contributed by atoms with Crippen LogP contribution >= 0.6 is 11.8 Å². The maximum atomic E-state index is 13.2. The second-order valence-corrected chi connectivity index (χ2v) is 7.56. The van der Waals surface area contributed by atoms with Gasteiger partial charge in [0, 0.05) is 37.5 Å². The molecule has 3 rings (SSSR count). The zero-order chi connectivity index (χ0) is 21.0. The summed E-state index contributed by atoms with van der Waals surface area (Å²) in [6.07, 6.45) is -2.51. The molecule has 2 aromatic rings. The van der Waals surface area contributed by atoms with Crippen molar-refractivity contribution >= 4 is 23.6 Å². The fourth-order valence-electron chi connectivity index (χ4n) is 3.37. The highest BCUT2D eigenvalue weighted by molar-refractivity contribution is 7.98. The van der Waals surface area contributed by atoms with Crippen LogP contribution in [0.5, 0.6) is 0 Å². The van der Waals surface area contributed by atoms with Crippen molar-refractivity contribution in [3.8, 4) is 0 Å². The highest BCUT2D eigenvalue weighted by Gasteiger charge is 2.34. The largest absolute Gasteiger partial charge is 0.416 e. The first-order valence-electron chi connectivity index (χ1n) is 9.16. The Morgan fingerprint density at radius 1 is 1.03 bits per heavy atom. The average molecular weight is 422 g/mol. The summed E-state index contributed by atoms with van der Waals surface area (Å²) < 4.78 is 39.7. The minimum Gasteiger partial charge on any atom is -0.337 e. The van der Waals surface area contributed by atoms with Crippen LogP contribution in [0.25, 0.3) is 0 Å². The van der Waals surface area contributed by atoms with Gasteiger partial charge in [-0.3, -0.25) is 9.59 Å². The van der Waals surface area contributed by atoms with Crippen LogP contribution < -0.4 is 0 Å². The molecule has 0 atom stereocenters. The molecule has 8 heteroatoms. The van der Waals surface area contributed by atoms with Crippen molar-refractivity contribution in [2.75, 3.05) is 25.9 Å². The molecule has 1 fully saturated rings. The highest BCUT2D eigenvalue weighted by atomic mass is 32.2. The Balaban J connectivity index is 1.75. The molecule has 1 heterocycles. The van der Waals surface area contributed by atoms with Gasteiger partial charge in [-0.2, -0.15) is 13.2 Å². The number of hydrogen-bond acceptors (Lipinski definition) is 3. The maximum absolute atomic E-state index is 13.2. The van der Waals surface area contributed by atoms with Crippen LogP contribution in [-0.2, 0) is 17.5 Å². The average Bonchev–Trinajstić information content (AvgIpc) is 2.89. The molecule has 0 saturated carbocycles. The van der Waals surface area contributed by atoms with Gasteiger partial charge >= 0.3 is 6.18 Å². The topological polar surface area (TPSA) is 40.6 Å². The van der Waals surface area contributed by atoms with Gasteiger partial charge in [0.15, 0.2) is 0 Å². The van der Waals surface area contributed by atoms with Crippen LogP contribution in [-0.4, -0.2) is 47.5 Å².